The molecule has 1 aliphatic rings. The summed E-state index contributed by atoms with van der Waals surface area (Å²) in [6.45, 7) is 1.72. The van der Waals surface area contributed by atoms with Crippen molar-refractivity contribution in [2.45, 2.75) is 51.0 Å². The highest BCUT2D eigenvalue weighted by Crippen LogP contribution is 2.28. The van der Waals surface area contributed by atoms with E-state index in [0.717, 1.165) is 18.4 Å². The van der Waals surface area contributed by atoms with Crippen LogP contribution in [0.3, 0.4) is 0 Å². The highest BCUT2D eigenvalue weighted by atomic mass is 16.5. The van der Waals surface area contributed by atoms with Gasteiger partial charge in [0.1, 0.15) is 18.1 Å². The monoisotopic (exact) mass is 387 g/mol. The molecule has 8 nitrogen and oxygen atoms in total. The van der Waals surface area contributed by atoms with Gasteiger partial charge in [0.15, 0.2) is 0 Å². The van der Waals surface area contributed by atoms with Crippen molar-refractivity contribution in [3.05, 3.63) is 58.1 Å². The molecule has 3 N–H and O–H groups in total. The van der Waals surface area contributed by atoms with Gasteiger partial charge >= 0.3 is 5.69 Å². The zero-order chi connectivity index (χ0) is 20.1. The quantitative estimate of drug-likeness (QED) is 0.663. The van der Waals surface area contributed by atoms with E-state index in [9.17, 15) is 19.8 Å². The van der Waals surface area contributed by atoms with Gasteiger partial charge in [-0.25, -0.2) is 4.79 Å². The van der Waals surface area contributed by atoms with Crippen molar-refractivity contribution in [1.82, 2.24) is 9.55 Å². The molecule has 150 valence electrons. The molecule has 0 spiro atoms. The Hall–Kier alpha value is -2.55. The van der Waals surface area contributed by atoms with Crippen molar-refractivity contribution in [3.63, 3.8) is 0 Å². The van der Waals surface area contributed by atoms with Crippen LogP contribution in [-0.2, 0) is 11.2 Å². The fraction of sp³-hybridized carbons (Fsp3) is 0.450. The van der Waals surface area contributed by atoms with Crippen LogP contribution in [0, 0.1) is 0 Å². The number of carbonyl (C=O) groups excluding carboxylic acids is 1. The van der Waals surface area contributed by atoms with Gasteiger partial charge in [-0.3, -0.25) is 9.36 Å². The lowest BCUT2D eigenvalue weighted by Gasteiger charge is -2.17. The summed E-state index contributed by atoms with van der Waals surface area (Å²) in [5.74, 6) is -0.100. The average Bonchev–Trinajstić information content (AvgIpc) is 3.08. The number of aliphatic hydroxyl groups is 2. The Morgan fingerprint density at radius 1 is 1.36 bits per heavy atom. The third-order valence-electron chi connectivity index (χ3n) is 4.79. The first kappa shape index (κ1) is 20.2. The summed E-state index contributed by atoms with van der Waals surface area (Å²) in [7, 11) is 0. The van der Waals surface area contributed by atoms with Gasteiger partial charge in [-0.15, -0.1) is 0 Å². The number of aromatic nitrogens is 2. The number of amides is 1. The number of unbranched alkanes of at least 4 members (excludes halogenated alkanes) is 1. The molecule has 0 aliphatic carbocycles. The molecule has 3 atom stereocenters. The second-order valence-corrected chi connectivity index (χ2v) is 6.84. The van der Waals surface area contributed by atoms with Crippen molar-refractivity contribution in [2.24, 2.45) is 0 Å². The maximum absolute atomic E-state index is 12.5. The van der Waals surface area contributed by atoms with Gasteiger partial charge in [0.05, 0.1) is 12.7 Å². The summed E-state index contributed by atoms with van der Waals surface area (Å²) in [4.78, 5) is 29.1. The fourth-order valence-electron chi connectivity index (χ4n) is 3.19. The van der Waals surface area contributed by atoms with Crippen LogP contribution < -0.4 is 11.0 Å². The molecule has 8 heteroatoms. The van der Waals surface area contributed by atoms with Gasteiger partial charge in [0.25, 0.3) is 5.91 Å². The van der Waals surface area contributed by atoms with E-state index in [1.807, 2.05) is 13.0 Å². The van der Waals surface area contributed by atoms with E-state index in [-0.39, 0.29) is 24.8 Å². The zero-order valence-corrected chi connectivity index (χ0v) is 15.7. The van der Waals surface area contributed by atoms with Crippen molar-refractivity contribution < 1.29 is 19.7 Å². The first-order valence-corrected chi connectivity index (χ1v) is 9.46. The van der Waals surface area contributed by atoms with Crippen LogP contribution in [-0.4, -0.2) is 44.5 Å². The van der Waals surface area contributed by atoms with Crippen LogP contribution in [0.1, 0.15) is 48.3 Å². The molecular weight excluding hydrogens is 362 g/mol. The Labute approximate surface area is 162 Å². The number of carbonyl (C=O) groups is 1. The number of nitrogens with one attached hydrogen (secondary N) is 1. The van der Waals surface area contributed by atoms with Crippen LogP contribution in [0.2, 0.25) is 0 Å². The number of aliphatic hydroxyl groups excluding tert-OH is 2. The summed E-state index contributed by atoms with van der Waals surface area (Å²) in [5.41, 5.74) is 0.610. The third kappa shape index (κ3) is 4.46. The lowest BCUT2D eigenvalue weighted by molar-refractivity contribution is -0.0459. The lowest BCUT2D eigenvalue weighted by Crippen LogP contribution is -2.30. The highest BCUT2D eigenvalue weighted by Gasteiger charge is 2.35. The average molecular weight is 387 g/mol. The van der Waals surface area contributed by atoms with Crippen molar-refractivity contribution in [3.8, 4) is 0 Å². The largest absolute Gasteiger partial charge is 0.394 e. The van der Waals surface area contributed by atoms with Crippen molar-refractivity contribution in [1.29, 1.82) is 0 Å². The summed E-state index contributed by atoms with van der Waals surface area (Å²) in [6.07, 6.45) is 1.97. The van der Waals surface area contributed by atoms with Crippen LogP contribution >= 0.6 is 0 Å². The molecule has 1 fully saturated rings. The van der Waals surface area contributed by atoms with E-state index >= 15 is 0 Å². The molecule has 2 aromatic rings. The van der Waals surface area contributed by atoms with Gasteiger partial charge in [-0.2, -0.15) is 4.98 Å². The van der Waals surface area contributed by atoms with E-state index < -0.39 is 24.1 Å². The molecule has 3 rings (SSSR count). The number of hydrogen-bond donors (Lipinski definition) is 3. The first-order chi connectivity index (χ1) is 13.5. The van der Waals surface area contributed by atoms with E-state index in [2.05, 4.69) is 10.3 Å². The summed E-state index contributed by atoms with van der Waals surface area (Å²) < 4.78 is 6.90. The number of anilines is 1. The Morgan fingerprint density at radius 3 is 2.75 bits per heavy atom. The number of aryl methyl sites for hydroxylation is 1. The molecular formula is C20H25N3O5. The van der Waals surface area contributed by atoms with E-state index in [1.54, 1.807) is 30.5 Å². The maximum atomic E-state index is 12.5. The Kier molecular flexibility index (Phi) is 6.56. The lowest BCUT2D eigenvalue weighted by atomic mass is 10.1. The molecule has 1 aromatic heterocycles. The smallest absolute Gasteiger partial charge is 0.351 e. The second-order valence-electron chi connectivity index (χ2n) is 6.84. The molecule has 1 aliphatic heterocycles. The molecule has 1 saturated heterocycles. The summed E-state index contributed by atoms with van der Waals surface area (Å²) in [5, 5.41) is 21.9. The van der Waals surface area contributed by atoms with Crippen LogP contribution in [0.5, 0.6) is 0 Å². The van der Waals surface area contributed by atoms with E-state index in [4.69, 9.17) is 4.74 Å². The minimum Gasteiger partial charge on any atom is -0.394 e. The molecule has 0 unspecified atom stereocenters. The number of hydrogen-bond acceptors (Lipinski definition) is 6. The Bertz CT molecular complexity index is 868. The Morgan fingerprint density at radius 2 is 2.11 bits per heavy atom. The molecule has 28 heavy (non-hydrogen) atoms. The van der Waals surface area contributed by atoms with Gasteiger partial charge in [0, 0.05) is 23.7 Å². The normalized spacial score (nSPS) is 21.6. The van der Waals surface area contributed by atoms with Crippen LogP contribution in [0.4, 0.5) is 5.82 Å². The Balaban J connectivity index is 1.89. The third-order valence-corrected chi connectivity index (χ3v) is 4.79. The second kappa shape index (κ2) is 9.09. The number of ether oxygens (including phenoxy) is 1. The molecule has 0 radical (unpaired) electrons. The fourth-order valence-corrected chi connectivity index (χ4v) is 3.19. The van der Waals surface area contributed by atoms with Crippen LogP contribution in [0.25, 0.3) is 0 Å². The summed E-state index contributed by atoms with van der Waals surface area (Å²) >= 11 is 0. The van der Waals surface area contributed by atoms with E-state index in [1.165, 1.54) is 4.57 Å². The number of benzene rings is 1. The van der Waals surface area contributed by atoms with Crippen molar-refractivity contribution in [2.75, 3.05) is 11.9 Å². The van der Waals surface area contributed by atoms with Gasteiger partial charge in [0.2, 0.25) is 0 Å². The van der Waals surface area contributed by atoms with Crippen molar-refractivity contribution >= 4 is 11.7 Å². The first-order valence-electron chi connectivity index (χ1n) is 9.46. The molecule has 1 amide bonds. The standard InChI is InChI=1S/C20H25N3O5/c1-2-3-7-14-11-23(17-10-15(25)16(12-24)28-17)20(27)22-18(14)21-19(26)13-8-5-4-6-9-13/h4-6,8-9,11,15-17,24-25H,2-3,7,10,12H2,1H3,(H,21,22,26,27)/t15-,16+,17+/m0/s1. The number of rotatable bonds is 7. The minimum atomic E-state index is -0.849. The number of nitrogens with zero attached hydrogens (tertiary/aromatic N) is 2. The predicted molar refractivity (Wildman–Crippen MR) is 103 cm³/mol. The van der Waals surface area contributed by atoms with E-state index in [0.29, 0.717) is 12.0 Å². The predicted octanol–water partition coefficient (Wildman–Crippen LogP) is 1.48. The molecule has 0 saturated carbocycles. The highest BCUT2D eigenvalue weighted by molar-refractivity contribution is 6.04. The molecule has 0 bridgehead atoms. The molecule has 1 aromatic carbocycles. The minimum absolute atomic E-state index is 0.190. The van der Waals surface area contributed by atoms with Gasteiger partial charge < -0.3 is 20.3 Å². The molecule has 2 heterocycles. The van der Waals surface area contributed by atoms with Crippen LogP contribution in [0.15, 0.2) is 41.3 Å². The zero-order valence-electron chi connectivity index (χ0n) is 15.7. The maximum Gasteiger partial charge on any atom is 0.351 e. The van der Waals surface area contributed by atoms with Gasteiger partial charge in [-0.1, -0.05) is 31.5 Å². The topological polar surface area (TPSA) is 114 Å². The van der Waals surface area contributed by atoms with Gasteiger partial charge in [-0.05, 0) is 25.0 Å². The summed E-state index contributed by atoms with van der Waals surface area (Å²) in [6, 6.07) is 8.71. The SMILES string of the molecule is CCCCc1cn([C@H]2C[C@H](O)[C@@H](CO)O2)c(=O)nc1NC(=O)c1ccccc1.